The standard InChI is InChI=1S/C47H34N2S/c1-31-45(38-20-10-17-34(27-38)32-13-4-2-5-14-32)48-47(40-22-12-18-35(29-40)33-15-6-3-7-16-33)49-46(31)39-21-11-19-36(28-39)37-25-26-42-41-23-8-9-24-43(41)50-44(42)30-37/h2-30,42,44H,1H3. The van der Waals surface area contributed by atoms with E-state index in [0.29, 0.717) is 17.0 Å². The molecule has 0 radical (unpaired) electrons. The first kappa shape index (κ1) is 30.3. The number of fused-ring (bicyclic) bond motifs is 3. The summed E-state index contributed by atoms with van der Waals surface area (Å²) in [5.74, 6) is 1.14. The van der Waals surface area contributed by atoms with Crippen LogP contribution in [0.3, 0.4) is 0 Å². The summed E-state index contributed by atoms with van der Waals surface area (Å²) < 4.78 is 0. The van der Waals surface area contributed by atoms with E-state index >= 15 is 0 Å². The number of rotatable bonds is 6. The van der Waals surface area contributed by atoms with Crippen molar-refractivity contribution >= 4 is 17.3 Å². The number of allylic oxidation sites excluding steroid dienone is 3. The van der Waals surface area contributed by atoms with E-state index in [1.54, 1.807) is 0 Å². The Labute approximate surface area is 298 Å². The van der Waals surface area contributed by atoms with Gasteiger partial charge in [0.05, 0.1) is 11.4 Å². The van der Waals surface area contributed by atoms with Crippen LogP contribution in [0.1, 0.15) is 22.6 Å². The van der Waals surface area contributed by atoms with Gasteiger partial charge in [-0.25, -0.2) is 9.97 Å². The van der Waals surface area contributed by atoms with Gasteiger partial charge < -0.3 is 0 Å². The van der Waals surface area contributed by atoms with E-state index in [1.165, 1.54) is 38.3 Å². The molecule has 2 atom stereocenters. The van der Waals surface area contributed by atoms with Crippen LogP contribution >= 0.6 is 11.8 Å². The fourth-order valence-corrected chi connectivity index (χ4v) is 8.63. The predicted octanol–water partition coefficient (Wildman–Crippen LogP) is 12.3. The molecule has 1 aliphatic heterocycles. The monoisotopic (exact) mass is 658 g/mol. The fraction of sp³-hybridized carbons (Fsp3) is 0.0638. The van der Waals surface area contributed by atoms with Crippen molar-refractivity contribution in [3.05, 3.63) is 193 Å². The zero-order valence-corrected chi connectivity index (χ0v) is 28.5. The lowest BCUT2D eigenvalue weighted by Gasteiger charge is -2.20. The summed E-state index contributed by atoms with van der Waals surface area (Å²) in [6, 6.07) is 56.0. The van der Waals surface area contributed by atoms with Crippen molar-refractivity contribution in [3.63, 3.8) is 0 Å². The molecule has 2 aliphatic rings. The highest BCUT2D eigenvalue weighted by Crippen LogP contribution is 2.49. The molecule has 0 fully saturated rings. The highest BCUT2D eigenvalue weighted by Gasteiger charge is 2.32. The maximum atomic E-state index is 5.33. The Morgan fingerprint density at radius 1 is 0.480 bits per heavy atom. The maximum absolute atomic E-state index is 5.33. The molecule has 2 unspecified atom stereocenters. The van der Waals surface area contributed by atoms with Gasteiger partial charge in [0, 0.05) is 38.3 Å². The summed E-state index contributed by atoms with van der Waals surface area (Å²) in [5.41, 5.74) is 14.7. The maximum Gasteiger partial charge on any atom is 0.160 e. The normalized spacial score (nSPS) is 16.1. The van der Waals surface area contributed by atoms with E-state index in [-0.39, 0.29) is 0 Å². The van der Waals surface area contributed by atoms with Crippen LogP contribution in [0.15, 0.2) is 181 Å². The van der Waals surface area contributed by atoms with Crippen molar-refractivity contribution in [1.29, 1.82) is 0 Å². The quantitative estimate of drug-likeness (QED) is 0.178. The molecule has 0 spiro atoms. The molecule has 3 heteroatoms. The third kappa shape index (κ3) is 5.70. The topological polar surface area (TPSA) is 25.8 Å². The fourth-order valence-electron chi connectivity index (χ4n) is 7.24. The minimum Gasteiger partial charge on any atom is -0.228 e. The SMILES string of the molecule is Cc1c(-c2cccc(C3=CC4Sc5ccccc5C4C=C3)c2)nc(-c2cccc(-c3ccccc3)c2)nc1-c1cccc(-c2ccccc2)c1. The van der Waals surface area contributed by atoms with Crippen LogP contribution in [-0.2, 0) is 0 Å². The molecule has 0 N–H and O–H groups in total. The largest absolute Gasteiger partial charge is 0.228 e. The minimum absolute atomic E-state index is 0.406. The van der Waals surface area contributed by atoms with Gasteiger partial charge in [-0.1, -0.05) is 152 Å². The van der Waals surface area contributed by atoms with Crippen molar-refractivity contribution in [2.24, 2.45) is 0 Å². The molecule has 50 heavy (non-hydrogen) atoms. The summed E-state index contributed by atoms with van der Waals surface area (Å²) in [6.07, 6.45) is 7.14. The second kappa shape index (κ2) is 12.9. The lowest BCUT2D eigenvalue weighted by molar-refractivity contribution is 0.883. The molecule has 7 aromatic rings. The van der Waals surface area contributed by atoms with Crippen molar-refractivity contribution in [2.75, 3.05) is 0 Å². The Bertz CT molecular complexity index is 2430. The molecule has 0 bridgehead atoms. The van der Waals surface area contributed by atoms with Gasteiger partial charge in [0.1, 0.15) is 0 Å². The van der Waals surface area contributed by atoms with E-state index in [4.69, 9.17) is 9.97 Å². The first-order valence-electron chi connectivity index (χ1n) is 17.1. The van der Waals surface area contributed by atoms with Crippen molar-refractivity contribution in [1.82, 2.24) is 9.97 Å². The van der Waals surface area contributed by atoms with Crippen LogP contribution in [0.5, 0.6) is 0 Å². The average molecular weight is 659 g/mol. The first-order valence-corrected chi connectivity index (χ1v) is 18.0. The molecular formula is C47H34N2S. The lowest BCUT2D eigenvalue weighted by Crippen LogP contribution is -2.09. The third-order valence-corrected chi connectivity index (χ3v) is 11.1. The van der Waals surface area contributed by atoms with Gasteiger partial charge >= 0.3 is 0 Å². The van der Waals surface area contributed by atoms with Crippen molar-refractivity contribution in [2.45, 2.75) is 23.0 Å². The number of hydrogen-bond acceptors (Lipinski definition) is 3. The molecule has 2 nitrogen and oxygen atoms in total. The Morgan fingerprint density at radius 2 is 0.980 bits per heavy atom. The number of nitrogens with zero attached hydrogens (tertiary/aromatic N) is 2. The highest BCUT2D eigenvalue weighted by molar-refractivity contribution is 8.00. The molecule has 0 saturated heterocycles. The summed E-state index contributed by atoms with van der Waals surface area (Å²) in [6.45, 7) is 2.16. The first-order chi connectivity index (χ1) is 24.7. The predicted molar refractivity (Wildman–Crippen MR) is 210 cm³/mol. The van der Waals surface area contributed by atoms with Gasteiger partial charge in [-0.3, -0.25) is 0 Å². The zero-order chi connectivity index (χ0) is 33.4. The van der Waals surface area contributed by atoms with E-state index in [9.17, 15) is 0 Å². The van der Waals surface area contributed by atoms with Gasteiger partial charge in [0.2, 0.25) is 0 Å². The smallest absolute Gasteiger partial charge is 0.160 e. The molecule has 0 amide bonds. The molecular weight excluding hydrogens is 625 g/mol. The molecule has 0 saturated carbocycles. The summed E-state index contributed by atoms with van der Waals surface area (Å²) >= 11 is 1.97. The van der Waals surface area contributed by atoms with Crippen LogP contribution in [0, 0.1) is 6.92 Å². The second-order valence-electron chi connectivity index (χ2n) is 13.0. The lowest BCUT2D eigenvalue weighted by atomic mass is 9.87. The van der Waals surface area contributed by atoms with Crippen LogP contribution in [0.25, 0.3) is 61.7 Å². The van der Waals surface area contributed by atoms with Gasteiger partial charge in [0.25, 0.3) is 0 Å². The summed E-state index contributed by atoms with van der Waals surface area (Å²) in [5, 5.41) is 0.406. The van der Waals surface area contributed by atoms with Gasteiger partial charge in [-0.05, 0) is 70.1 Å². The minimum atomic E-state index is 0.406. The van der Waals surface area contributed by atoms with Gasteiger partial charge in [-0.15, -0.1) is 11.8 Å². The van der Waals surface area contributed by atoms with Gasteiger partial charge in [0.15, 0.2) is 5.82 Å². The molecule has 1 aromatic heterocycles. The van der Waals surface area contributed by atoms with Crippen LogP contribution < -0.4 is 0 Å². The third-order valence-electron chi connectivity index (χ3n) is 9.81. The highest BCUT2D eigenvalue weighted by atomic mass is 32.2. The molecule has 9 rings (SSSR count). The van der Waals surface area contributed by atoms with E-state index in [1.807, 2.05) is 11.8 Å². The second-order valence-corrected chi connectivity index (χ2v) is 14.2. The molecule has 6 aromatic carbocycles. The number of hydrogen-bond donors (Lipinski definition) is 0. The van der Waals surface area contributed by atoms with Crippen LogP contribution in [-0.4, -0.2) is 15.2 Å². The molecule has 1 aliphatic carbocycles. The van der Waals surface area contributed by atoms with Crippen LogP contribution in [0.4, 0.5) is 0 Å². The van der Waals surface area contributed by atoms with Crippen molar-refractivity contribution in [3.8, 4) is 56.2 Å². The molecule has 238 valence electrons. The van der Waals surface area contributed by atoms with Gasteiger partial charge in [-0.2, -0.15) is 0 Å². The average Bonchev–Trinajstić information content (AvgIpc) is 3.57. The summed E-state index contributed by atoms with van der Waals surface area (Å²) in [4.78, 5) is 12.0. The van der Waals surface area contributed by atoms with E-state index in [0.717, 1.165) is 39.2 Å². The Morgan fingerprint density at radius 3 is 1.64 bits per heavy atom. The van der Waals surface area contributed by atoms with E-state index in [2.05, 4.69) is 183 Å². The zero-order valence-electron chi connectivity index (χ0n) is 27.7. The number of aromatic nitrogens is 2. The Hall–Kier alpha value is -5.77. The number of benzene rings is 6. The Balaban J connectivity index is 1.16. The molecule has 2 heterocycles. The van der Waals surface area contributed by atoms with Crippen molar-refractivity contribution < 1.29 is 0 Å². The van der Waals surface area contributed by atoms with E-state index < -0.39 is 0 Å². The van der Waals surface area contributed by atoms with Crippen LogP contribution in [0.2, 0.25) is 0 Å². The number of thioether (sulfide) groups is 1. The Kier molecular flexibility index (Phi) is 7.83. The summed E-state index contributed by atoms with van der Waals surface area (Å²) in [7, 11) is 0.